The number of rotatable bonds is 6. The molecule has 15 heavy (non-hydrogen) atoms. The summed E-state index contributed by atoms with van der Waals surface area (Å²) in [6.07, 6.45) is 3.00. The Morgan fingerprint density at radius 2 is 2.00 bits per heavy atom. The molecule has 2 atom stereocenters. The van der Waals surface area contributed by atoms with Crippen LogP contribution in [0.2, 0.25) is 0 Å². The highest BCUT2D eigenvalue weighted by Crippen LogP contribution is 2.55. The van der Waals surface area contributed by atoms with Gasteiger partial charge in [0.2, 0.25) is 0 Å². The van der Waals surface area contributed by atoms with Crippen molar-refractivity contribution in [2.24, 2.45) is 11.3 Å². The summed E-state index contributed by atoms with van der Waals surface area (Å²) < 4.78 is 5.78. The third kappa shape index (κ3) is 3.18. The normalized spacial score (nSPS) is 26.4. The molecular formula is C13H26O2. The molecule has 0 aliphatic heterocycles. The Hall–Kier alpha value is -0.0800. The minimum absolute atomic E-state index is 0.310. The Labute approximate surface area is 94.0 Å². The molecule has 0 aromatic carbocycles. The lowest BCUT2D eigenvalue weighted by molar-refractivity contribution is -0.112. The Kier molecular flexibility index (Phi) is 3.83. The van der Waals surface area contributed by atoms with E-state index in [1.807, 2.05) is 13.8 Å². The van der Waals surface area contributed by atoms with Gasteiger partial charge in [-0.25, -0.2) is 0 Å². The summed E-state index contributed by atoms with van der Waals surface area (Å²) in [7, 11) is 0. The van der Waals surface area contributed by atoms with Crippen molar-refractivity contribution in [1.29, 1.82) is 0 Å². The molecule has 0 heterocycles. The van der Waals surface area contributed by atoms with E-state index in [0.717, 1.165) is 25.9 Å². The summed E-state index contributed by atoms with van der Waals surface area (Å²) in [6.45, 7) is 11.3. The zero-order chi connectivity index (χ0) is 11.7. The fraction of sp³-hybridized carbons (Fsp3) is 1.00. The SMILES string of the molecule is CCCCOC(C)(C)C(O)C1CC1(C)C. The second-order valence-corrected chi connectivity index (χ2v) is 6.05. The van der Waals surface area contributed by atoms with Crippen LogP contribution < -0.4 is 0 Å². The van der Waals surface area contributed by atoms with Crippen LogP contribution in [0.3, 0.4) is 0 Å². The van der Waals surface area contributed by atoms with Crippen LogP contribution in [-0.2, 0) is 4.74 Å². The average Bonchev–Trinajstić information content (AvgIpc) is 2.74. The Bertz CT molecular complexity index is 209. The third-order valence-corrected chi connectivity index (χ3v) is 3.66. The van der Waals surface area contributed by atoms with Crippen LogP contribution in [0.15, 0.2) is 0 Å². The summed E-state index contributed by atoms with van der Waals surface area (Å²) in [5, 5.41) is 10.2. The van der Waals surface area contributed by atoms with E-state index in [-0.39, 0.29) is 6.10 Å². The zero-order valence-corrected chi connectivity index (χ0v) is 10.8. The van der Waals surface area contributed by atoms with Crippen molar-refractivity contribution in [2.75, 3.05) is 6.61 Å². The fourth-order valence-corrected chi connectivity index (χ4v) is 2.10. The molecule has 0 amide bonds. The highest BCUT2D eigenvalue weighted by molar-refractivity contribution is 5.03. The molecule has 0 spiro atoms. The standard InChI is InChI=1S/C13H26O2/c1-6-7-8-15-13(4,5)11(14)10-9-12(10,2)3/h10-11,14H,6-9H2,1-5H3. The first-order valence-electron chi connectivity index (χ1n) is 6.13. The number of hydrogen-bond donors (Lipinski definition) is 1. The van der Waals surface area contributed by atoms with Gasteiger partial charge in [-0.15, -0.1) is 0 Å². The lowest BCUT2D eigenvalue weighted by atomic mass is 9.93. The summed E-state index contributed by atoms with van der Waals surface area (Å²) in [6, 6.07) is 0. The van der Waals surface area contributed by atoms with Crippen LogP contribution >= 0.6 is 0 Å². The van der Waals surface area contributed by atoms with Gasteiger partial charge in [0.05, 0.1) is 11.7 Å². The zero-order valence-electron chi connectivity index (χ0n) is 10.8. The summed E-state index contributed by atoms with van der Waals surface area (Å²) in [5.74, 6) is 0.411. The third-order valence-electron chi connectivity index (χ3n) is 3.66. The van der Waals surface area contributed by atoms with E-state index in [1.165, 1.54) is 0 Å². The number of hydrogen-bond acceptors (Lipinski definition) is 2. The monoisotopic (exact) mass is 214 g/mol. The van der Waals surface area contributed by atoms with Crippen molar-refractivity contribution in [3.8, 4) is 0 Å². The van der Waals surface area contributed by atoms with Crippen LogP contribution in [0.5, 0.6) is 0 Å². The molecule has 1 aliphatic rings. The largest absolute Gasteiger partial charge is 0.390 e. The average molecular weight is 214 g/mol. The number of aliphatic hydroxyl groups excluding tert-OH is 1. The molecule has 0 aromatic rings. The molecule has 0 saturated heterocycles. The van der Waals surface area contributed by atoms with Gasteiger partial charge in [0, 0.05) is 6.61 Å². The van der Waals surface area contributed by atoms with Gasteiger partial charge in [-0.05, 0) is 38.0 Å². The van der Waals surface area contributed by atoms with Crippen molar-refractivity contribution < 1.29 is 9.84 Å². The first-order chi connectivity index (χ1) is 6.81. The van der Waals surface area contributed by atoms with Crippen LogP contribution in [0.25, 0.3) is 0 Å². The topological polar surface area (TPSA) is 29.5 Å². The predicted octanol–water partition coefficient (Wildman–Crippen LogP) is 2.99. The molecule has 1 aliphatic carbocycles. The smallest absolute Gasteiger partial charge is 0.0887 e. The van der Waals surface area contributed by atoms with Gasteiger partial charge in [-0.1, -0.05) is 27.2 Å². The molecule has 0 bridgehead atoms. The van der Waals surface area contributed by atoms with Crippen LogP contribution in [0, 0.1) is 11.3 Å². The molecule has 0 radical (unpaired) electrons. The first-order valence-corrected chi connectivity index (χ1v) is 6.13. The van der Waals surface area contributed by atoms with Gasteiger partial charge in [-0.2, -0.15) is 0 Å². The van der Waals surface area contributed by atoms with Gasteiger partial charge >= 0.3 is 0 Å². The van der Waals surface area contributed by atoms with E-state index in [2.05, 4.69) is 20.8 Å². The maximum atomic E-state index is 10.2. The molecule has 2 heteroatoms. The molecule has 0 aromatic heterocycles. The second kappa shape index (κ2) is 4.42. The molecule has 2 nitrogen and oxygen atoms in total. The van der Waals surface area contributed by atoms with Crippen LogP contribution in [-0.4, -0.2) is 23.4 Å². The molecule has 1 rings (SSSR count). The fourth-order valence-electron chi connectivity index (χ4n) is 2.10. The summed E-state index contributed by atoms with van der Waals surface area (Å²) in [4.78, 5) is 0. The van der Waals surface area contributed by atoms with E-state index in [4.69, 9.17) is 4.74 Å². The van der Waals surface area contributed by atoms with Gasteiger partial charge in [0.1, 0.15) is 0 Å². The van der Waals surface area contributed by atoms with Gasteiger partial charge < -0.3 is 9.84 Å². The minimum atomic E-state index is -0.395. The Balaban J connectivity index is 2.39. The highest BCUT2D eigenvalue weighted by atomic mass is 16.5. The molecule has 1 N–H and O–H groups in total. The first kappa shape index (κ1) is 13.0. The quantitative estimate of drug-likeness (QED) is 0.689. The van der Waals surface area contributed by atoms with Gasteiger partial charge in [0.15, 0.2) is 0 Å². The molecule has 2 unspecified atom stereocenters. The van der Waals surface area contributed by atoms with E-state index in [0.29, 0.717) is 11.3 Å². The van der Waals surface area contributed by atoms with Gasteiger partial charge in [-0.3, -0.25) is 0 Å². The van der Waals surface area contributed by atoms with Crippen molar-refractivity contribution in [1.82, 2.24) is 0 Å². The minimum Gasteiger partial charge on any atom is -0.390 e. The summed E-state index contributed by atoms with van der Waals surface area (Å²) >= 11 is 0. The lowest BCUT2D eigenvalue weighted by Crippen LogP contribution is -2.41. The maximum absolute atomic E-state index is 10.2. The van der Waals surface area contributed by atoms with E-state index < -0.39 is 5.60 Å². The number of ether oxygens (including phenoxy) is 1. The van der Waals surface area contributed by atoms with Crippen LogP contribution in [0.1, 0.15) is 53.9 Å². The molecular weight excluding hydrogens is 188 g/mol. The number of aliphatic hydroxyl groups is 1. The maximum Gasteiger partial charge on any atom is 0.0887 e. The highest BCUT2D eigenvalue weighted by Gasteiger charge is 2.54. The van der Waals surface area contributed by atoms with Crippen molar-refractivity contribution in [3.05, 3.63) is 0 Å². The lowest BCUT2D eigenvalue weighted by Gasteiger charge is -2.32. The molecule has 90 valence electrons. The predicted molar refractivity (Wildman–Crippen MR) is 62.8 cm³/mol. The van der Waals surface area contributed by atoms with Crippen molar-refractivity contribution >= 4 is 0 Å². The number of unbranched alkanes of at least 4 members (excludes halogenated alkanes) is 1. The Morgan fingerprint density at radius 1 is 1.47 bits per heavy atom. The van der Waals surface area contributed by atoms with Gasteiger partial charge in [0.25, 0.3) is 0 Å². The van der Waals surface area contributed by atoms with Crippen molar-refractivity contribution in [3.63, 3.8) is 0 Å². The molecule has 1 fully saturated rings. The van der Waals surface area contributed by atoms with Crippen LogP contribution in [0.4, 0.5) is 0 Å². The van der Waals surface area contributed by atoms with E-state index in [9.17, 15) is 5.11 Å². The van der Waals surface area contributed by atoms with Crippen molar-refractivity contribution in [2.45, 2.75) is 65.6 Å². The Morgan fingerprint density at radius 3 is 2.40 bits per heavy atom. The second-order valence-electron chi connectivity index (χ2n) is 6.05. The summed E-state index contributed by atoms with van der Waals surface area (Å²) in [5.41, 5.74) is -0.0849. The van der Waals surface area contributed by atoms with E-state index in [1.54, 1.807) is 0 Å². The molecule has 1 saturated carbocycles. The van der Waals surface area contributed by atoms with E-state index >= 15 is 0 Å².